The van der Waals surface area contributed by atoms with E-state index in [1.807, 2.05) is 96.3 Å². The number of hydrogen-bond acceptors (Lipinski definition) is 14. The fourth-order valence-corrected chi connectivity index (χ4v) is 13.6. The molecule has 4 aliphatic rings. The summed E-state index contributed by atoms with van der Waals surface area (Å²) in [7, 11) is 3.41. The summed E-state index contributed by atoms with van der Waals surface area (Å²) in [6.45, 7) is 5.44. The number of aliphatic hydroxyl groups is 1. The van der Waals surface area contributed by atoms with Gasteiger partial charge in [0.25, 0.3) is 0 Å². The van der Waals surface area contributed by atoms with Crippen LogP contribution in [0, 0.1) is 11.8 Å². The number of benzene rings is 3. The van der Waals surface area contributed by atoms with Gasteiger partial charge in [-0.1, -0.05) is 109 Å². The molecule has 8 N–H and O–H groups in total. The Kier molecular flexibility index (Phi) is 24.2. The first-order valence-electron chi connectivity index (χ1n) is 32.8. The molecule has 11 atom stereocenters. The Hall–Kier alpha value is -7.89. The highest BCUT2D eigenvalue weighted by molar-refractivity contribution is 5.95. The van der Waals surface area contributed by atoms with Crippen LogP contribution in [0.2, 0.25) is 0 Å². The average Bonchev–Trinajstić information content (AvgIpc) is 1.66. The molecule has 4 aliphatic heterocycles. The average molecular weight is 1240 g/mol. The molecule has 0 bridgehead atoms. The zero-order valence-corrected chi connectivity index (χ0v) is 52.7. The standard InChI is InChI=1S/C67H93N15O8/c1-5-53(68-3)62(85)73-60-48(27-30-51-32-34-56(81(51)66(60)89)64(87)71-39-46-19-9-7-10-20-46)40-70-58(84)36-29-50-41-79(77-75-50)37-15-13-17-44-23-25-45(26-24-44)18-14-16-38-80-42-55(76-78-80)59(47-21-11-8-12-22-47)72-65(88)57-35-33-52-31-28-49(43-83)61(67(90)82(52)57)74-63(86)54(6-2)69-4/h7-12,19-26,41-42,48-49,51-54,56-57,59-61,68-69,83H,5-6,13-18,27-40,43H2,1-4H3,(H,70,84)(H,71,87)(H,72,88)(H,73,85)(H,74,86)/t48-,49-,51+,52+,53+,54+,56+,57+,59+,60+,61+/m1/s1. The number of aryl methyl sites for hydroxylation is 5. The van der Waals surface area contributed by atoms with Gasteiger partial charge < -0.3 is 52.1 Å². The summed E-state index contributed by atoms with van der Waals surface area (Å²) in [6.07, 6.45) is 15.8. The molecule has 5 aromatic rings. The van der Waals surface area contributed by atoms with Gasteiger partial charge in [0, 0.05) is 75.7 Å². The van der Waals surface area contributed by atoms with Crippen LogP contribution in [-0.2, 0) is 72.5 Å². The van der Waals surface area contributed by atoms with Crippen LogP contribution in [0.5, 0.6) is 0 Å². The molecule has 90 heavy (non-hydrogen) atoms. The van der Waals surface area contributed by atoms with Gasteiger partial charge in [0.15, 0.2) is 0 Å². The summed E-state index contributed by atoms with van der Waals surface area (Å²) in [6, 6.07) is 22.9. The van der Waals surface area contributed by atoms with E-state index in [2.05, 4.69) is 82.1 Å². The smallest absolute Gasteiger partial charge is 0.246 e. The van der Waals surface area contributed by atoms with E-state index in [0.29, 0.717) is 102 Å². The van der Waals surface area contributed by atoms with Crippen molar-refractivity contribution in [1.82, 2.24) is 77.0 Å². The third-order valence-corrected chi connectivity index (χ3v) is 18.9. The molecular formula is C67H93N15O8. The molecule has 4 fully saturated rings. The van der Waals surface area contributed by atoms with Crippen molar-refractivity contribution >= 4 is 41.4 Å². The molecule has 0 unspecified atom stereocenters. The summed E-state index contributed by atoms with van der Waals surface area (Å²) in [4.78, 5) is 100. The lowest BCUT2D eigenvalue weighted by Crippen LogP contribution is -2.59. The fourth-order valence-electron chi connectivity index (χ4n) is 13.6. The summed E-state index contributed by atoms with van der Waals surface area (Å²) in [5.41, 5.74) is 5.63. The first-order valence-corrected chi connectivity index (χ1v) is 32.8. The Morgan fingerprint density at radius 3 is 1.67 bits per heavy atom. The van der Waals surface area contributed by atoms with Gasteiger partial charge in [0.05, 0.1) is 30.0 Å². The van der Waals surface area contributed by atoms with Gasteiger partial charge in [-0.05, 0) is 139 Å². The molecule has 23 nitrogen and oxygen atoms in total. The predicted octanol–water partition coefficient (Wildman–Crippen LogP) is 3.98. The number of amides is 7. The number of fused-ring (bicyclic) bond motifs is 2. The maximum Gasteiger partial charge on any atom is 0.246 e. The van der Waals surface area contributed by atoms with Gasteiger partial charge in [-0.2, -0.15) is 0 Å². The normalized spacial score (nSPS) is 22.5. The van der Waals surface area contributed by atoms with Crippen LogP contribution < -0.4 is 37.2 Å². The minimum absolute atomic E-state index is 0.132. The summed E-state index contributed by atoms with van der Waals surface area (Å²) < 4.78 is 3.64. The number of carbonyl (C=O) groups is 7. The number of nitrogens with zero attached hydrogens (tertiary/aromatic N) is 8. The molecule has 9 rings (SSSR count). The number of likely N-dealkylation sites (N-methyl/N-ethyl adjacent to an activating group) is 2. The zero-order valence-electron chi connectivity index (χ0n) is 52.7. The lowest BCUT2D eigenvalue weighted by atomic mass is 9.92. The summed E-state index contributed by atoms with van der Waals surface area (Å²) in [5, 5.41) is 49.2. The maximum absolute atomic E-state index is 14.5. The lowest BCUT2D eigenvalue weighted by Gasteiger charge is -2.33. The lowest BCUT2D eigenvalue weighted by molar-refractivity contribution is -0.144. The van der Waals surface area contributed by atoms with Crippen LogP contribution in [0.4, 0.5) is 0 Å². The zero-order chi connectivity index (χ0) is 63.5. The van der Waals surface area contributed by atoms with Crippen molar-refractivity contribution in [2.75, 3.05) is 27.2 Å². The van der Waals surface area contributed by atoms with E-state index in [4.69, 9.17) is 0 Å². The van der Waals surface area contributed by atoms with Crippen LogP contribution >= 0.6 is 0 Å². The Morgan fingerprint density at radius 1 is 0.578 bits per heavy atom. The van der Waals surface area contributed by atoms with Gasteiger partial charge in [0.1, 0.15) is 29.9 Å². The van der Waals surface area contributed by atoms with Crippen LogP contribution in [0.3, 0.4) is 0 Å². The number of hydrogen-bond donors (Lipinski definition) is 8. The van der Waals surface area contributed by atoms with Crippen LogP contribution in [-0.4, -0.2) is 162 Å². The predicted molar refractivity (Wildman–Crippen MR) is 338 cm³/mol. The Morgan fingerprint density at radius 2 is 1.10 bits per heavy atom. The van der Waals surface area contributed by atoms with Crippen molar-refractivity contribution in [3.05, 3.63) is 131 Å². The molecule has 0 spiro atoms. The van der Waals surface area contributed by atoms with Crippen molar-refractivity contribution in [3.8, 4) is 0 Å². The largest absolute Gasteiger partial charge is 0.396 e. The summed E-state index contributed by atoms with van der Waals surface area (Å²) >= 11 is 0. The Labute approximate surface area is 528 Å². The van der Waals surface area contributed by atoms with E-state index < -0.39 is 48.2 Å². The van der Waals surface area contributed by atoms with Crippen LogP contribution in [0.25, 0.3) is 0 Å². The van der Waals surface area contributed by atoms with Crippen molar-refractivity contribution in [2.24, 2.45) is 11.8 Å². The molecule has 0 aliphatic carbocycles. The summed E-state index contributed by atoms with van der Waals surface area (Å²) in [5.74, 6) is -2.72. The van der Waals surface area contributed by atoms with Crippen molar-refractivity contribution in [3.63, 3.8) is 0 Å². The highest BCUT2D eigenvalue weighted by atomic mass is 16.3. The molecule has 7 amide bonds. The third kappa shape index (κ3) is 17.1. The first kappa shape index (κ1) is 66.5. The minimum atomic E-state index is -0.938. The Balaban J connectivity index is 0.688. The van der Waals surface area contributed by atoms with Gasteiger partial charge in [-0.15, -0.1) is 10.2 Å². The quantitative estimate of drug-likeness (QED) is 0.0292. The van der Waals surface area contributed by atoms with Crippen molar-refractivity contribution in [1.29, 1.82) is 0 Å². The molecule has 484 valence electrons. The maximum atomic E-state index is 14.5. The highest BCUT2D eigenvalue weighted by Gasteiger charge is 2.50. The Bertz CT molecular complexity index is 3150. The van der Waals surface area contributed by atoms with Crippen molar-refractivity contribution < 1.29 is 38.7 Å². The number of unbranched alkanes of at least 4 members (excludes halogenated alkanes) is 2. The molecular weight excluding hydrogens is 1140 g/mol. The third-order valence-electron chi connectivity index (χ3n) is 18.9. The fraction of sp³-hybridized carbons (Fsp3) is 0.567. The van der Waals surface area contributed by atoms with Crippen molar-refractivity contribution in [2.45, 2.75) is 203 Å². The molecule has 0 radical (unpaired) electrons. The second kappa shape index (κ2) is 32.7. The highest BCUT2D eigenvalue weighted by Crippen LogP contribution is 2.36. The first-order chi connectivity index (χ1) is 43.8. The second-order valence-electron chi connectivity index (χ2n) is 24.8. The van der Waals surface area contributed by atoms with Crippen LogP contribution in [0.1, 0.15) is 150 Å². The monoisotopic (exact) mass is 1240 g/mol. The number of carbonyl (C=O) groups excluding carboxylic acids is 7. The van der Waals surface area contributed by atoms with E-state index in [1.54, 1.807) is 23.9 Å². The number of aliphatic hydroxyl groups excluding tert-OH is 1. The topological polar surface area (TPSA) is 292 Å². The molecule has 0 saturated carbocycles. The SMILES string of the molecule is CC[C@H](NC)C(=O)N[C@@H]1C(=O)N2[C@@H](CC[C@@H]1CNC(=O)CCc1cn(CCCCc3ccc(CCCCn4cc([C@@H](NC(=O)[C@@H]5CC[C@@H]6CC[C@H](CO)[C@H](NC(=O)[C@H](CC)NC)C(=O)N65)c5ccccc5)nn4)cc3)nn1)CC[C@H]2C(=O)NCc1ccccc1. The number of nitrogens with one attached hydrogen (secondary N) is 7. The van der Waals surface area contributed by atoms with Crippen LogP contribution in [0.15, 0.2) is 97.3 Å². The van der Waals surface area contributed by atoms with E-state index in [9.17, 15) is 38.7 Å². The molecule has 4 saturated heterocycles. The van der Waals surface area contributed by atoms with Gasteiger partial charge in [0.2, 0.25) is 41.4 Å². The molecule has 3 aromatic carbocycles. The second-order valence-corrected chi connectivity index (χ2v) is 24.8. The van der Waals surface area contributed by atoms with Gasteiger partial charge in [-0.3, -0.25) is 42.9 Å². The van der Waals surface area contributed by atoms with Gasteiger partial charge in [-0.25, -0.2) is 0 Å². The van der Waals surface area contributed by atoms with Gasteiger partial charge >= 0.3 is 0 Å². The number of rotatable bonds is 31. The molecule has 2 aromatic heterocycles. The number of aromatic nitrogens is 6. The molecule has 6 heterocycles. The molecule has 23 heteroatoms. The van der Waals surface area contributed by atoms with E-state index in [1.165, 1.54) is 11.1 Å². The van der Waals surface area contributed by atoms with E-state index >= 15 is 0 Å². The minimum Gasteiger partial charge on any atom is -0.396 e. The van der Waals surface area contributed by atoms with E-state index in [0.717, 1.165) is 49.7 Å². The van der Waals surface area contributed by atoms with E-state index in [-0.39, 0.29) is 78.9 Å².